The van der Waals surface area contributed by atoms with Crippen LogP contribution in [0.5, 0.6) is 0 Å². The number of alkyl halides is 3. The largest absolute Gasteiger partial charge is 0.451 e. The first-order valence-corrected chi connectivity index (χ1v) is 7.34. The van der Waals surface area contributed by atoms with Gasteiger partial charge in [-0.15, -0.1) is 0 Å². The van der Waals surface area contributed by atoms with Gasteiger partial charge in [0.15, 0.2) is 0 Å². The maximum Gasteiger partial charge on any atom is 0.426 e. The Morgan fingerprint density at radius 3 is 2.25 bits per heavy atom. The second kappa shape index (κ2) is 6.08. The zero-order valence-corrected chi connectivity index (χ0v) is 11.0. The molecule has 20 heavy (non-hydrogen) atoms. The first-order chi connectivity index (χ1) is 8.99. The summed E-state index contributed by atoms with van der Waals surface area (Å²) in [5.41, 5.74) is 0. The van der Waals surface area contributed by atoms with Gasteiger partial charge in [0, 0.05) is 12.8 Å². The molecule has 0 bridgehead atoms. The molecule has 1 rings (SSSR count). The molecule has 1 atom stereocenters. The molecule has 6 nitrogen and oxygen atoms in total. The Kier molecular flexibility index (Phi) is 5.14. The molecular formula is C10H13F3O6S. The van der Waals surface area contributed by atoms with E-state index in [9.17, 15) is 31.2 Å². The Balaban J connectivity index is 2.70. The van der Waals surface area contributed by atoms with E-state index in [1.165, 1.54) is 0 Å². The Hall–Kier alpha value is -1.16. The van der Waals surface area contributed by atoms with Crippen molar-refractivity contribution in [2.24, 2.45) is 5.92 Å². The van der Waals surface area contributed by atoms with Crippen molar-refractivity contribution in [3.8, 4) is 0 Å². The van der Waals surface area contributed by atoms with Crippen LogP contribution in [-0.2, 0) is 24.4 Å². The molecule has 0 heterocycles. The van der Waals surface area contributed by atoms with Crippen molar-refractivity contribution in [1.29, 1.82) is 0 Å². The summed E-state index contributed by atoms with van der Waals surface area (Å²) in [4.78, 5) is 22.5. The number of Topliss-reactive ketones (excluding diaryl/α,β-unsaturated/α-hetero) is 1. The molecule has 1 N–H and O–H groups in total. The molecule has 0 radical (unpaired) electrons. The molecule has 10 heteroatoms. The lowest BCUT2D eigenvalue weighted by atomic mass is 9.88. The lowest BCUT2D eigenvalue weighted by Gasteiger charge is -2.24. The standard InChI is InChI=1S/C10H13F3O6S/c11-10(12,13)8(5-20(16,17)18)19-9(15)6-1-3-7(14)4-2-6/h6,8H,1-5H2,(H,16,17,18). The van der Waals surface area contributed by atoms with E-state index >= 15 is 0 Å². The molecule has 116 valence electrons. The number of ketones is 1. The van der Waals surface area contributed by atoms with E-state index in [1.54, 1.807) is 0 Å². The fourth-order valence-corrected chi connectivity index (χ4v) is 2.44. The monoisotopic (exact) mass is 318 g/mol. The van der Waals surface area contributed by atoms with Crippen molar-refractivity contribution in [2.75, 3.05) is 5.75 Å². The SMILES string of the molecule is O=C1CCC(C(=O)OC(CS(=O)(=O)O)C(F)(F)F)CC1. The molecular weight excluding hydrogens is 305 g/mol. The van der Waals surface area contributed by atoms with Crippen molar-refractivity contribution in [3.63, 3.8) is 0 Å². The predicted octanol–water partition coefficient (Wildman–Crippen LogP) is 1.11. The number of hydrogen-bond acceptors (Lipinski definition) is 5. The van der Waals surface area contributed by atoms with Crippen LogP contribution in [0, 0.1) is 5.92 Å². The molecule has 1 aliphatic rings. The van der Waals surface area contributed by atoms with Crippen LogP contribution in [0.4, 0.5) is 13.2 Å². The van der Waals surface area contributed by atoms with Gasteiger partial charge >= 0.3 is 12.1 Å². The predicted molar refractivity (Wildman–Crippen MR) is 59.3 cm³/mol. The maximum absolute atomic E-state index is 12.5. The van der Waals surface area contributed by atoms with Crippen molar-refractivity contribution < 1.29 is 40.5 Å². The second-order valence-corrected chi connectivity index (χ2v) is 6.03. The highest BCUT2D eigenvalue weighted by Gasteiger charge is 2.46. The summed E-state index contributed by atoms with van der Waals surface area (Å²) in [6.07, 6.45) is -7.70. The van der Waals surface area contributed by atoms with Crippen LogP contribution in [-0.4, -0.2) is 42.8 Å². The van der Waals surface area contributed by atoms with E-state index in [-0.39, 0.29) is 31.5 Å². The summed E-state index contributed by atoms with van der Waals surface area (Å²) in [5.74, 6) is -3.89. The van der Waals surface area contributed by atoms with Crippen molar-refractivity contribution in [1.82, 2.24) is 0 Å². The Morgan fingerprint density at radius 2 is 1.85 bits per heavy atom. The van der Waals surface area contributed by atoms with Gasteiger partial charge in [0.25, 0.3) is 10.1 Å². The van der Waals surface area contributed by atoms with Crippen LogP contribution in [0.25, 0.3) is 0 Å². The Morgan fingerprint density at radius 1 is 1.35 bits per heavy atom. The molecule has 0 saturated heterocycles. The summed E-state index contributed by atoms with van der Waals surface area (Å²) in [5, 5.41) is 0. The zero-order valence-electron chi connectivity index (χ0n) is 10.2. The highest BCUT2D eigenvalue weighted by Crippen LogP contribution is 2.28. The van der Waals surface area contributed by atoms with E-state index in [0.29, 0.717) is 0 Å². The summed E-state index contributed by atoms with van der Waals surface area (Å²) >= 11 is 0. The smallest absolute Gasteiger partial charge is 0.426 e. The molecule has 0 aromatic rings. The molecule has 0 amide bonds. The van der Waals surface area contributed by atoms with E-state index in [2.05, 4.69) is 4.74 Å². The average molecular weight is 318 g/mol. The minimum atomic E-state index is -5.10. The first-order valence-electron chi connectivity index (χ1n) is 5.73. The van der Waals surface area contributed by atoms with Crippen LogP contribution in [0.1, 0.15) is 25.7 Å². The van der Waals surface area contributed by atoms with E-state index in [0.717, 1.165) is 0 Å². The van der Waals surface area contributed by atoms with Crippen molar-refractivity contribution in [2.45, 2.75) is 38.0 Å². The first kappa shape index (κ1) is 16.9. The van der Waals surface area contributed by atoms with Crippen LogP contribution < -0.4 is 0 Å². The van der Waals surface area contributed by atoms with Gasteiger partial charge in [-0.2, -0.15) is 21.6 Å². The molecule has 0 aliphatic heterocycles. The molecule has 0 aromatic carbocycles. The molecule has 0 aromatic heterocycles. The molecule has 0 spiro atoms. The van der Waals surface area contributed by atoms with Gasteiger partial charge in [-0.1, -0.05) is 0 Å². The third-order valence-corrected chi connectivity index (χ3v) is 3.59. The van der Waals surface area contributed by atoms with Crippen LogP contribution >= 0.6 is 0 Å². The third-order valence-electron chi connectivity index (χ3n) is 2.86. The van der Waals surface area contributed by atoms with Gasteiger partial charge in [0.1, 0.15) is 11.5 Å². The Labute approximate surface area is 113 Å². The number of carbonyl (C=O) groups is 2. The van der Waals surface area contributed by atoms with E-state index in [1.807, 2.05) is 0 Å². The number of ether oxygens (including phenoxy) is 1. The Bertz CT molecular complexity index is 474. The average Bonchev–Trinajstić information content (AvgIpc) is 2.25. The fraction of sp³-hybridized carbons (Fsp3) is 0.800. The lowest BCUT2D eigenvalue weighted by Crippen LogP contribution is -2.41. The number of esters is 1. The zero-order chi connectivity index (χ0) is 15.6. The minimum Gasteiger partial charge on any atom is -0.451 e. The number of halogens is 3. The highest BCUT2D eigenvalue weighted by molar-refractivity contribution is 7.85. The van der Waals surface area contributed by atoms with Gasteiger partial charge < -0.3 is 4.74 Å². The summed E-state index contributed by atoms with van der Waals surface area (Å²) in [6.45, 7) is 0. The van der Waals surface area contributed by atoms with Gasteiger partial charge in [0.2, 0.25) is 6.10 Å². The summed E-state index contributed by atoms with van der Waals surface area (Å²) in [7, 11) is -4.94. The lowest BCUT2D eigenvalue weighted by molar-refractivity contribution is -0.218. The van der Waals surface area contributed by atoms with Gasteiger partial charge in [-0.25, -0.2) is 0 Å². The van der Waals surface area contributed by atoms with Crippen LogP contribution in [0.15, 0.2) is 0 Å². The van der Waals surface area contributed by atoms with Gasteiger partial charge in [-0.05, 0) is 12.8 Å². The molecule has 1 unspecified atom stereocenters. The van der Waals surface area contributed by atoms with Gasteiger partial charge in [0.05, 0.1) is 5.92 Å². The van der Waals surface area contributed by atoms with Crippen LogP contribution in [0.3, 0.4) is 0 Å². The molecule has 1 fully saturated rings. The quantitative estimate of drug-likeness (QED) is 0.616. The number of carbonyl (C=O) groups excluding carboxylic acids is 2. The fourth-order valence-electron chi connectivity index (χ4n) is 1.80. The highest BCUT2D eigenvalue weighted by atomic mass is 32.2. The minimum absolute atomic E-state index is 0.0775. The second-order valence-electron chi connectivity index (χ2n) is 4.53. The molecule has 1 saturated carbocycles. The van der Waals surface area contributed by atoms with Gasteiger partial charge in [-0.3, -0.25) is 14.1 Å². The van der Waals surface area contributed by atoms with E-state index in [4.69, 9.17) is 4.55 Å². The summed E-state index contributed by atoms with van der Waals surface area (Å²) < 4.78 is 71.2. The van der Waals surface area contributed by atoms with Crippen molar-refractivity contribution >= 4 is 21.9 Å². The van der Waals surface area contributed by atoms with Crippen molar-refractivity contribution in [3.05, 3.63) is 0 Å². The summed E-state index contributed by atoms with van der Waals surface area (Å²) in [6, 6.07) is 0. The van der Waals surface area contributed by atoms with E-state index < -0.39 is 40.0 Å². The third kappa shape index (κ3) is 5.45. The van der Waals surface area contributed by atoms with Crippen LogP contribution in [0.2, 0.25) is 0 Å². The number of hydrogen-bond donors (Lipinski definition) is 1. The topological polar surface area (TPSA) is 97.7 Å². The normalized spacial score (nSPS) is 19.7. The molecule has 1 aliphatic carbocycles. The maximum atomic E-state index is 12.5. The number of rotatable bonds is 4.